The molecule has 11 heavy (non-hydrogen) atoms. The molecule has 4 nitrogen and oxygen atoms in total. The summed E-state index contributed by atoms with van der Waals surface area (Å²) >= 11 is 2.05. The lowest BCUT2D eigenvalue weighted by molar-refractivity contribution is -0.133. The molecule has 0 aromatic heterocycles. The van der Waals surface area contributed by atoms with E-state index in [-0.39, 0.29) is 5.57 Å². The van der Waals surface area contributed by atoms with E-state index >= 15 is 0 Å². The van der Waals surface area contributed by atoms with Crippen LogP contribution in [0.15, 0.2) is 11.8 Å². The minimum Gasteiger partial charge on any atom is -0.478 e. The molecule has 0 bridgehead atoms. The van der Waals surface area contributed by atoms with Gasteiger partial charge in [0.15, 0.2) is 0 Å². The number of hydrogen-bond donors (Lipinski definition) is 3. The molecule has 0 radical (unpaired) electrons. The number of aliphatic carboxylic acids is 1. The summed E-state index contributed by atoms with van der Waals surface area (Å²) in [5, 5.41) is 18.1. The van der Waals surface area contributed by atoms with Crippen LogP contribution in [0.25, 0.3) is 0 Å². The first-order chi connectivity index (χ1) is 5.10. The molecule has 0 saturated heterocycles. The maximum absolute atomic E-state index is 10.5. The van der Waals surface area contributed by atoms with E-state index in [1.54, 1.807) is 6.26 Å². The number of rotatable bonds is 2. The number of hydrogen-bond acceptors (Lipinski definition) is 5. The van der Waals surface area contributed by atoms with Crippen molar-refractivity contribution in [2.45, 2.75) is 4.27 Å². The number of carbonyl (C=O) groups is 1. The van der Waals surface area contributed by atoms with Gasteiger partial charge in [-0.25, -0.2) is 4.79 Å². The Hall–Kier alpha value is -0.330. The molecule has 0 amide bonds. The van der Waals surface area contributed by atoms with Gasteiger partial charge in [-0.1, -0.05) is 0 Å². The molecule has 3 N–H and O–H groups in total. The van der Waals surface area contributed by atoms with Gasteiger partial charge in [0.25, 0.3) is 0 Å². The Morgan fingerprint density at radius 2 is 2.55 bits per heavy atom. The molecule has 1 heterocycles. The summed E-state index contributed by atoms with van der Waals surface area (Å²) in [5.74, 6) is -1.10. The molecule has 0 aromatic carbocycles. The topological polar surface area (TPSA) is 69.6 Å². The minimum absolute atomic E-state index is 0.0185. The zero-order valence-electron chi connectivity index (χ0n) is 5.70. The Morgan fingerprint density at radius 1 is 1.91 bits per heavy atom. The van der Waals surface area contributed by atoms with Crippen molar-refractivity contribution >= 4 is 29.7 Å². The van der Waals surface area contributed by atoms with Crippen LogP contribution in [-0.4, -0.2) is 26.7 Å². The predicted octanol–water partition coefficient (Wildman–Crippen LogP) is 0.215. The Morgan fingerprint density at radius 3 is 2.91 bits per heavy atom. The zero-order chi connectivity index (χ0) is 8.48. The smallest absolute Gasteiger partial charge is 0.337 e. The summed E-state index contributed by atoms with van der Waals surface area (Å²) in [7, 11) is 0. The molecule has 1 aliphatic heterocycles. The first-order valence-corrected chi connectivity index (χ1v) is 4.79. The number of aliphatic hydroxyl groups is 1. The number of thioether (sulfide) groups is 1. The lowest BCUT2D eigenvalue weighted by Crippen LogP contribution is -2.24. The average Bonchev–Trinajstić information content (AvgIpc) is 2.32. The fourth-order valence-corrected chi connectivity index (χ4v) is 2.10. The van der Waals surface area contributed by atoms with E-state index in [1.165, 1.54) is 6.20 Å². The molecule has 6 heteroatoms. The third kappa shape index (κ3) is 1.47. The van der Waals surface area contributed by atoms with Gasteiger partial charge in [0.05, 0.1) is 0 Å². The first kappa shape index (κ1) is 8.76. The van der Waals surface area contributed by atoms with Gasteiger partial charge in [-0.3, -0.25) is 0 Å². The molecule has 0 saturated carbocycles. The third-order valence-corrected chi connectivity index (χ3v) is 3.50. The Kier molecular flexibility index (Phi) is 2.36. The highest BCUT2D eigenvalue weighted by Crippen LogP contribution is 2.41. The highest BCUT2D eigenvalue weighted by Gasteiger charge is 2.40. The molecule has 1 atom stereocenters. The second-order valence-corrected chi connectivity index (χ2v) is 4.16. The lowest BCUT2D eigenvalue weighted by Gasteiger charge is -2.18. The van der Waals surface area contributed by atoms with Crippen molar-refractivity contribution in [2.24, 2.45) is 0 Å². The van der Waals surface area contributed by atoms with Crippen molar-refractivity contribution in [1.82, 2.24) is 4.72 Å². The fourth-order valence-electron chi connectivity index (χ4n) is 0.663. The van der Waals surface area contributed by atoms with E-state index in [0.717, 1.165) is 23.7 Å². The summed E-state index contributed by atoms with van der Waals surface area (Å²) < 4.78 is 1.26. The molecular weight excluding hydrogens is 186 g/mol. The SMILES string of the molecule is CSC1(O)SNC=C1C(=O)O. The van der Waals surface area contributed by atoms with Crippen molar-refractivity contribution in [3.8, 4) is 0 Å². The van der Waals surface area contributed by atoms with Gasteiger partial charge in [-0.05, 0) is 18.2 Å². The number of carboxylic acid groups (broad SMARTS) is 1. The first-order valence-electron chi connectivity index (χ1n) is 2.75. The van der Waals surface area contributed by atoms with Crippen LogP contribution in [0, 0.1) is 0 Å². The molecule has 62 valence electrons. The van der Waals surface area contributed by atoms with Gasteiger partial charge >= 0.3 is 5.97 Å². The lowest BCUT2D eigenvalue weighted by atomic mass is 10.3. The van der Waals surface area contributed by atoms with Gasteiger partial charge in [-0.15, -0.1) is 11.8 Å². The maximum Gasteiger partial charge on any atom is 0.337 e. The maximum atomic E-state index is 10.5. The average molecular weight is 193 g/mol. The third-order valence-electron chi connectivity index (χ3n) is 1.25. The van der Waals surface area contributed by atoms with Gasteiger partial charge in [-0.2, -0.15) is 0 Å². The molecule has 1 rings (SSSR count). The highest BCUT2D eigenvalue weighted by molar-refractivity contribution is 8.17. The fraction of sp³-hybridized carbons (Fsp3) is 0.400. The summed E-state index contributed by atoms with van der Waals surface area (Å²) in [6, 6.07) is 0. The molecule has 1 aliphatic rings. The van der Waals surface area contributed by atoms with E-state index in [9.17, 15) is 9.90 Å². The van der Waals surface area contributed by atoms with Crippen LogP contribution in [-0.2, 0) is 4.79 Å². The van der Waals surface area contributed by atoms with E-state index in [2.05, 4.69) is 4.72 Å². The standard InChI is InChI=1S/C5H7NO3S2/c1-10-5(9)3(4(7)8)2-6-11-5/h2,6,9H,1H3,(H,7,8). The Bertz CT molecular complexity index is 218. The van der Waals surface area contributed by atoms with Crippen molar-refractivity contribution in [1.29, 1.82) is 0 Å². The molecule has 1 unspecified atom stereocenters. The van der Waals surface area contributed by atoms with E-state index in [4.69, 9.17) is 5.11 Å². The van der Waals surface area contributed by atoms with Gasteiger partial charge < -0.3 is 14.9 Å². The van der Waals surface area contributed by atoms with E-state index in [0.29, 0.717) is 0 Å². The Balaban J connectivity index is 2.86. The summed E-state index contributed by atoms with van der Waals surface area (Å²) in [5.41, 5.74) is -0.0185. The van der Waals surface area contributed by atoms with Crippen LogP contribution in [0.5, 0.6) is 0 Å². The molecule has 0 fully saturated rings. The van der Waals surface area contributed by atoms with Gasteiger partial charge in [0, 0.05) is 6.20 Å². The van der Waals surface area contributed by atoms with Crippen LogP contribution in [0.1, 0.15) is 0 Å². The van der Waals surface area contributed by atoms with Crippen molar-refractivity contribution in [3.63, 3.8) is 0 Å². The monoisotopic (exact) mass is 193 g/mol. The normalized spacial score (nSPS) is 29.5. The number of carboxylic acids is 1. The molecule has 0 spiro atoms. The molecular formula is C5H7NO3S2. The zero-order valence-corrected chi connectivity index (χ0v) is 7.33. The number of nitrogens with one attached hydrogen (secondary N) is 1. The summed E-state index contributed by atoms with van der Waals surface area (Å²) in [4.78, 5) is 10.5. The van der Waals surface area contributed by atoms with Crippen molar-refractivity contribution < 1.29 is 15.0 Å². The van der Waals surface area contributed by atoms with Crippen molar-refractivity contribution in [2.75, 3.05) is 6.26 Å². The van der Waals surface area contributed by atoms with E-state index < -0.39 is 10.2 Å². The highest BCUT2D eigenvalue weighted by atomic mass is 32.2. The Labute approximate surface area is 72.2 Å². The van der Waals surface area contributed by atoms with E-state index in [1.807, 2.05) is 0 Å². The van der Waals surface area contributed by atoms with Crippen LogP contribution >= 0.6 is 23.7 Å². The van der Waals surface area contributed by atoms with Gasteiger partial charge in [0.1, 0.15) is 5.57 Å². The van der Waals surface area contributed by atoms with Crippen molar-refractivity contribution in [3.05, 3.63) is 11.8 Å². The largest absolute Gasteiger partial charge is 0.478 e. The second-order valence-electron chi connectivity index (χ2n) is 1.87. The second kappa shape index (κ2) is 2.96. The van der Waals surface area contributed by atoms with Crippen LogP contribution in [0.2, 0.25) is 0 Å². The predicted molar refractivity (Wildman–Crippen MR) is 44.9 cm³/mol. The van der Waals surface area contributed by atoms with Crippen LogP contribution in [0.3, 0.4) is 0 Å². The summed E-state index contributed by atoms with van der Waals surface area (Å²) in [6.45, 7) is 0. The van der Waals surface area contributed by atoms with Crippen LogP contribution < -0.4 is 4.72 Å². The minimum atomic E-state index is -1.34. The molecule has 0 aliphatic carbocycles. The quantitative estimate of drug-likeness (QED) is 0.430. The summed E-state index contributed by atoms with van der Waals surface area (Å²) in [6.07, 6.45) is 2.94. The van der Waals surface area contributed by atoms with Crippen LogP contribution in [0.4, 0.5) is 0 Å². The van der Waals surface area contributed by atoms with Gasteiger partial charge in [0.2, 0.25) is 4.27 Å². The molecule has 0 aromatic rings.